The molecule has 1 aliphatic carbocycles. The Morgan fingerprint density at radius 1 is 0.815 bits per heavy atom. The number of aromatic nitrogens is 2. The maximum Gasteiger partial charge on any atom is 0.0311 e. The van der Waals surface area contributed by atoms with Crippen molar-refractivity contribution in [3.8, 4) is 22.5 Å². The molecule has 27 heavy (non-hydrogen) atoms. The number of imidazole rings is 1. The van der Waals surface area contributed by atoms with Gasteiger partial charge in [-0.2, -0.15) is 1.33 Å². The second kappa shape index (κ2) is 9.99. The number of nitrogens with zero attached hydrogens (tertiary/aromatic N) is 3. The average Bonchev–Trinajstić information content (AvgIpc) is 2.86. The van der Waals surface area contributed by atoms with Gasteiger partial charge in [0.2, 0.25) is 0 Å². The van der Waals surface area contributed by atoms with Crippen LogP contribution in [-0.2, 0) is 33.4 Å². The van der Waals surface area contributed by atoms with E-state index in [9.17, 15) is 0 Å². The van der Waals surface area contributed by atoms with Gasteiger partial charge in [0.05, 0.1) is 0 Å². The molecule has 0 unspecified atom stereocenters. The van der Waals surface area contributed by atoms with E-state index in [0.717, 1.165) is 6.04 Å². The average molecular weight is 766 g/mol. The van der Waals surface area contributed by atoms with Crippen LogP contribution in [0, 0.1) is 3.80 Å². The smallest absolute Gasteiger partial charge is 0.0311 e. The largest absolute Gasteiger partial charge is 0.185 e. The Bertz CT molecular complexity index is 863. The standard InChI is InChI=1S/C17H16N2.C4H7I2N.Pt/c1-18-13-19(2)17(15-11-7-4-8-12-15)16(18)14-9-5-3-6-10-14;5-7(6)4-2-1-3-4;/h3-12H,1-2H3;4H,1-3H2;. The van der Waals surface area contributed by atoms with Gasteiger partial charge in [0.25, 0.3) is 0 Å². The molecule has 1 aromatic heterocycles. The van der Waals surface area contributed by atoms with Crippen LogP contribution >= 0.6 is 45.7 Å². The van der Waals surface area contributed by atoms with Crippen LogP contribution in [-0.4, -0.2) is 16.5 Å². The van der Waals surface area contributed by atoms with Gasteiger partial charge in [-0.05, 0) is 12.8 Å². The molecule has 2 aromatic carbocycles. The number of hydrogen-bond donors (Lipinski definition) is 0. The molecule has 3 aromatic rings. The zero-order valence-electron chi connectivity index (χ0n) is 15.4. The Balaban J connectivity index is 0.000000253. The van der Waals surface area contributed by atoms with Crippen LogP contribution in [0.5, 0.6) is 0 Å². The van der Waals surface area contributed by atoms with Gasteiger partial charge in [-0.3, -0.25) is 0 Å². The predicted molar refractivity (Wildman–Crippen MR) is 126 cm³/mol. The van der Waals surface area contributed by atoms with Crippen molar-refractivity contribution in [1.82, 2.24) is 10.5 Å². The van der Waals surface area contributed by atoms with E-state index in [4.69, 9.17) is 0 Å². The number of rotatable bonds is 3. The van der Waals surface area contributed by atoms with E-state index >= 15 is 0 Å². The number of halogens is 2. The maximum atomic E-state index is 2.38. The first-order valence-electron chi connectivity index (χ1n) is 8.93. The molecule has 1 aliphatic rings. The molecule has 0 spiro atoms. The van der Waals surface area contributed by atoms with E-state index in [1.165, 1.54) is 45.6 Å². The van der Waals surface area contributed by atoms with Crippen molar-refractivity contribution in [2.45, 2.75) is 25.3 Å². The molecule has 0 bridgehead atoms. The molecule has 0 aliphatic heterocycles. The van der Waals surface area contributed by atoms with Gasteiger partial charge in [-0.25, -0.2) is 0 Å². The molecule has 0 saturated heterocycles. The summed E-state index contributed by atoms with van der Waals surface area (Å²) in [5, 5.41) is 0. The van der Waals surface area contributed by atoms with Gasteiger partial charge in [0, 0.05) is 51.8 Å². The van der Waals surface area contributed by atoms with Crippen LogP contribution in [0.1, 0.15) is 19.3 Å². The zero-order chi connectivity index (χ0) is 19.4. The molecule has 146 valence electrons. The fraction of sp³-hybridized carbons (Fsp3) is 0.286. The Labute approximate surface area is 200 Å². The topological polar surface area (TPSA) is 13.1 Å². The normalized spacial score (nSPS) is 13.9. The van der Waals surface area contributed by atoms with Gasteiger partial charge in [-0.1, -0.05) is 6.42 Å². The molecule has 0 radical (unpaired) electrons. The van der Waals surface area contributed by atoms with E-state index < -0.39 is 0 Å². The van der Waals surface area contributed by atoms with E-state index in [-0.39, 0.29) is 0 Å². The van der Waals surface area contributed by atoms with Crippen LogP contribution in [0.3, 0.4) is 0 Å². The first kappa shape index (κ1) is 21.5. The van der Waals surface area contributed by atoms with Crippen molar-refractivity contribution in [2.24, 2.45) is 14.1 Å². The zero-order valence-corrected chi connectivity index (χ0v) is 22.0. The molecule has 0 amide bonds. The van der Waals surface area contributed by atoms with Crippen molar-refractivity contribution in [3.05, 3.63) is 64.5 Å². The second-order valence-electron chi connectivity index (χ2n) is 6.63. The number of hydrogen-bond acceptors (Lipinski definition) is 1. The van der Waals surface area contributed by atoms with E-state index in [0.29, 0.717) is 0 Å². The van der Waals surface area contributed by atoms with Crippen molar-refractivity contribution in [3.63, 3.8) is 0 Å². The molecule has 4 rings (SSSR count). The first-order valence-corrected chi connectivity index (χ1v) is 12.0. The molecule has 6 heteroatoms. The molecule has 3 nitrogen and oxygen atoms in total. The molecule has 1 fully saturated rings. The molecular weight excluding hydrogens is 743 g/mol. The third kappa shape index (κ3) is 5.03. The van der Waals surface area contributed by atoms with E-state index in [1.807, 2.05) is 0 Å². The summed E-state index contributed by atoms with van der Waals surface area (Å²) >= 11 is 7.06. The molecule has 1 heterocycles. The molecule has 0 atom stereocenters. The SMILES string of the molecule is Cn1c(-c2ccccc2)c(-c2ccccc2)n(C)[c]1=[Pt].IN(I)C1CCC1. The minimum atomic E-state index is 0.890. The van der Waals surface area contributed by atoms with Crippen molar-refractivity contribution in [1.29, 1.82) is 0 Å². The Morgan fingerprint density at radius 2 is 1.22 bits per heavy atom. The van der Waals surface area contributed by atoms with Crippen LogP contribution < -0.4 is 0 Å². The van der Waals surface area contributed by atoms with Crippen molar-refractivity contribution < 1.29 is 19.4 Å². The van der Waals surface area contributed by atoms with Gasteiger partial charge < -0.3 is 0 Å². The third-order valence-electron chi connectivity index (χ3n) is 4.85. The van der Waals surface area contributed by atoms with Crippen molar-refractivity contribution in [2.75, 3.05) is 0 Å². The Hall–Kier alpha value is -0.242. The quantitative estimate of drug-likeness (QED) is 0.225. The summed E-state index contributed by atoms with van der Waals surface area (Å²) in [5.41, 5.74) is 4.99. The summed E-state index contributed by atoms with van der Waals surface area (Å²) in [4.78, 5) is 0. The summed E-state index contributed by atoms with van der Waals surface area (Å²) in [6.07, 6.45) is 4.25. The monoisotopic (exact) mass is 766 g/mol. The van der Waals surface area contributed by atoms with E-state index in [1.54, 1.807) is 0 Å². The molecule has 1 saturated carbocycles. The minimum Gasteiger partial charge on any atom is -0.185 e. The third-order valence-corrected chi connectivity index (χ3v) is 7.95. The Morgan fingerprint density at radius 3 is 1.48 bits per heavy atom. The summed E-state index contributed by atoms with van der Waals surface area (Å²) in [6, 6.07) is 22.0. The van der Waals surface area contributed by atoms with Gasteiger partial charge in [0.1, 0.15) is 0 Å². The van der Waals surface area contributed by atoms with Gasteiger partial charge in [-0.15, -0.1) is 0 Å². The maximum absolute atomic E-state index is 2.38. The van der Waals surface area contributed by atoms with Crippen LogP contribution in [0.25, 0.3) is 22.5 Å². The first-order chi connectivity index (χ1) is 13.0. The minimum absolute atomic E-state index is 0.890. The second-order valence-corrected chi connectivity index (χ2v) is 11.6. The van der Waals surface area contributed by atoms with Crippen molar-refractivity contribution >= 4 is 45.7 Å². The summed E-state index contributed by atoms with van der Waals surface area (Å²) < 4.78 is 7.96. The predicted octanol–water partition coefficient (Wildman–Crippen LogP) is 6.32. The fourth-order valence-electron chi connectivity index (χ4n) is 3.15. The summed E-state index contributed by atoms with van der Waals surface area (Å²) in [7, 11) is 4.24. The van der Waals surface area contributed by atoms with Crippen LogP contribution in [0.2, 0.25) is 0 Å². The van der Waals surface area contributed by atoms with Crippen LogP contribution in [0.15, 0.2) is 60.7 Å². The van der Waals surface area contributed by atoms with Gasteiger partial charge in [0.15, 0.2) is 0 Å². The van der Waals surface area contributed by atoms with E-state index in [2.05, 4.69) is 150 Å². The number of benzene rings is 2. The fourth-order valence-corrected chi connectivity index (χ4v) is 4.77. The molecular formula is C21H23I2N3Pt. The summed E-state index contributed by atoms with van der Waals surface area (Å²) in [5.74, 6) is 0. The van der Waals surface area contributed by atoms with Crippen LogP contribution in [0.4, 0.5) is 0 Å². The van der Waals surface area contributed by atoms with Gasteiger partial charge >= 0.3 is 130 Å². The Kier molecular flexibility index (Phi) is 7.94. The summed E-state index contributed by atoms with van der Waals surface area (Å²) in [6.45, 7) is 0. The molecule has 0 N–H and O–H groups in total.